The first-order valence-electron chi connectivity index (χ1n) is 9.69. The Bertz CT molecular complexity index is 547. The van der Waals surface area contributed by atoms with Gasteiger partial charge in [-0.15, -0.1) is 10.2 Å². The molecule has 0 aromatic carbocycles. The van der Waals surface area contributed by atoms with Gasteiger partial charge < -0.3 is 10.2 Å². The van der Waals surface area contributed by atoms with Gasteiger partial charge in [-0.25, -0.2) is 0 Å². The molecule has 0 spiro atoms. The van der Waals surface area contributed by atoms with Gasteiger partial charge in [-0.05, 0) is 31.7 Å². The van der Waals surface area contributed by atoms with Crippen molar-refractivity contribution >= 4 is 22.4 Å². The molecule has 0 bridgehead atoms. The summed E-state index contributed by atoms with van der Waals surface area (Å²) >= 11 is 1.57. The van der Waals surface area contributed by atoms with Crippen molar-refractivity contribution in [2.24, 2.45) is 5.92 Å². The fourth-order valence-electron chi connectivity index (χ4n) is 3.53. The highest BCUT2D eigenvalue weighted by Gasteiger charge is 2.22. The summed E-state index contributed by atoms with van der Waals surface area (Å²) in [6.45, 7) is 9.92. The zero-order chi connectivity index (χ0) is 17.6. The van der Waals surface area contributed by atoms with E-state index >= 15 is 0 Å². The topological polar surface area (TPSA) is 61.4 Å². The monoisotopic (exact) mass is 365 g/mol. The number of amides is 1. The van der Waals surface area contributed by atoms with Crippen molar-refractivity contribution in [3.63, 3.8) is 0 Å². The van der Waals surface area contributed by atoms with Crippen molar-refractivity contribution in [3.8, 4) is 0 Å². The summed E-state index contributed by atoms with van der Waals surface area (Å²) in [4.78, 5) is 17.0. The largest absolute Gasteiger partial charge is 0.353 e. The molecular formula is C18H31N5OS. The Kier molecular flexibility index (Phi) is 6.64. The molecule has 1 aromatic rings. The molecule has 1 N–H and O–H groups in total. The van der Waals surface area contributed by atoms with Crippen LogP contribution >= 0.6 is 11.3 Å². The van der Waals surface area contributed by atoms with Crippen LogP contribution in [0.3, 0.4) is 0 Å². The Morgan fingerprint density at radius 2 is 1.92 bits per heavy atom. The van der Waals surface area contributed by atoms with Gasteiger partial charge in [0, 0.05) is 32.2 Å². The molecule has 0 unspecified atom stereocenters. The van der Waals surface area contributed by atoms with Crippen LogP contribution in [0.15, 0.2) is 0 Å². The Hall–Kier alpha value is -1.21. The van der Waals surface area contributed by atoms with Crippen molar-refractivity contribution < 1.29 is 4.79 Å². The van der Waals surface area contributed by atoms with E-state index in [0.29, 0.717) is 12.5 Å². The van der Waals surface area contributed by atoms with Crippen LogP contribution in [0.25, 0.3) is 0 Å². The van der Waals surface area contributed by atoms with E-state index in [9.17, 15) is 4.79 Å². The second-order valence-electron chi connectivity index (χ2n) is 7.72. The molecule has 2 aliphatic rings. The van der Waals surface area contributed by atoms with Gasteiger partial charge in [-0.2, -0.15) is 0 Å². The predicted octanol–water partition coefficient (Wildman–Crippen LogP) is 2.31. The van der Waals surface area contributed by atoms with Crippen molar-refractivity contribution in [3.05, 3.63) is 5.01 Å². The number of hydrogen-bond donors (Lipinski definition) is 1. The number of nitrogens with one attached hydrogen (secondary N) is 1. The number of piperazine rings is 1. The maximum Gasteiger partial charge on any atom is 0.227 e. The summed E-state index contributed by atoms with van der Waals surface area (Å²) in [7, 11) is 0. The second kappa shape index (κ2) is 8.94. The summed E-state index contributed by atoms with van der Waals surface area (Å²) in [6.07, 6.45) is 6.33. The second-order valence-corrected chi connectivity index (χ2v) is 8.76. The highest BCUT2D eigenvalue weighted by Crippen LogP contribution is 2.23. The summed E-state index contributed by atoms with van der Waals surface area (Å²) in [5.74, 6) is 0.854. The maximum absolute atomic E-state index is 12.1. The van der Waals surface area contributed by atoms with Crippen LogP contribution in [0.2, 0.25) is 0 Å². The molecule has 3 rings (SSSR count). The molecule has 2 fully saturated rings. The van der Waals surface area contributed by atoms with Crippen molar-refractivity contribution in [2.45, 2.75) is 58.4 Å². The van der Waals surface area contributed by atoms with Gasteiger partial charge in [0.05, 0.1) is 6.42 Å². The lowest BCUT2D eigenvalue weighted by molar-refractivity contribution is -0.121. The zero-order valence-corrected chi connectivity index (χ0v) is 16.4. The van der Waals surface area contributed by atoms with Gasteiger partial charge in [0.15, 0.2) is 0 Å². The third-order valence-electron chi connectivity index (χ3n) is 5.15. The molecule has 1 aromatic heterocycles. The minimum Gasteiger partial charge on any atom is -0.353 e. The molecule has 0 atom stereocenters. The smallest absolute Gasteiger partial charge is 0.227 e. The average Bonchev–Trinajstić information content (AvgIpc) is 3.25. The van der Waals surface area contributed by atoms with Gasteiger partial charge in [-0.3, -0.25) is 9.69 Å². The fraction of sp³-hybridized carbons (Fsp3) is 0.833. The molecule has 7 heteroatoms. The van der Waals surface area contributed by atoms with E-state index in [4.69, 9.17) is 0 Å². The third kappa shape index (κ3) is 5.64. The van der Waals surface area contributed by atoms with E-state index in [1.54, 1.807) is 11.3 Å². The maximum atomic E-state index is 12.1. The summed E-state index contributed by atoms with van der Waals surface area (Å²) in [5.41, 5.74) is 0. The molecule has 1 saturated carbocycles. The highest BCUT2D eigenvalue weighted by molar-refractivity contribution is 7.15. The molecule has 0 radical (unpaired) electrons. The first kappa shape index (κ1) is 18.6. The normalized spacial score (nSPS) is 19.7. The summed E-state index contributed by atoms with van der Waals surface area (Å²) in [5, 5.41) is 13.5. The van der Waals surface area contributed by atoms with E-state index in [1.807, 2.05) is 0 Å². The van der Waals surface area contributed by atoms with Crippen LogP contribution in [0, 0.1) is 5.92 Å². The molecule has 6 nitrogen and oxygen atoms in total. The van der Waals surface area contributed by atoms with Crippen molar-refractivity contribution in [1.82, 2.24) is 20.4 Å². The Labute approximate surface area is 155 Å². The number of carbonyl (C=O) groups excluding carboxylic acids is 1. The number of anilines is 1. The van der Waals surface area contributed by atoms with Crippen LogP contribution in [0.5, 0.6) is 0 Å². The first-order chi connectivity index (χ1) is 12.1. The van der Waals surface area contributed by atoms with Crippen LogP contribution in [-0.4, -0.2) is 59.8 Å². The number of hydrogen-bond acceptors (Lipinski definition) is 6. The lowest BCUT2D eigenvalue weighted by Gasteiger charge is -2.34. The Morgan fingerprint density at radius 1 is 1.20 bits per heavy atom. The number of nitrogens with zero attached hydrogens (tertiary/aromatic N) is 4. The number of aromatic nitrogens is 2. The quantitative estimate of drug-likeness (QED) is 0.803. The van der Waals surface area contributed by atoms with Gasteiger partial charge in [0.25, 0.3) is 0 Å². The van der Waals surface area contributed by atoms with E-state index in [1.165, 1.54) is 25.8 Å². The van der Waals surface area contributed by atoms with Crippen LogP contribution < -0.4 is 10.2 Å². The molecule has 25 heavy (non-hydrogen) atoms. The minimum atomic E-state index is 0.0908. The Balaban J connectivity index is 1.43. The highest BCUT2D eigenvalue weighted by atomic mass is 32.1. The average molecular weight is 366 g/mol. The SMILES string of the molecule is CC(C)CCN1CCN(c2nnc(CC(=O)NC3CCCC3)s2)CC1. The molecule has 140 valence electrons. The standard InChI is InChI=1S/C18H31N5OS/c1-14(2)7-8-22-9-11-23(12-10-22)18-21-20-17(25-18)13-16(24)19-15-5-3-4-6-15/h14-15H,3-13H2,1-2H3,(H,19,24). The molecule has 1 saturated heterocycles. The van der Waals surface area contributed by atoms with E-state index < -0.39 is 0 Å². The van der Waals surface area contributed by atoms with Gasteiger partial charge in [0.1, 0.15) is 5.01 Å². The summed E-state index contributed by atoms with van der Waals surface area (Å²) < 4.78 is 0. The lowest BCUT2D eigenvalue weighted by atomic mass is 10.1. The number of carbonyl (C=O) groups is 1. The van der Waals surface area contributed by atoms with Crippen molar-refractivity contribution in [1.29, 1.82) is 0 Å². The molecule has 1 amide bonds. The van der Waals surface area contributed by atoms with Gasteiger partial charge in [-0.1, -0.05) is 38.0 Å². The Morgan fingerprint density at radius 3 is 2.60 bits per heavy atom. The van der Waals surface area contributed by atoms with E-state index in [-0.39, 0.29) is 5.91 Å². The first-order valence-corrected chi connectivity index (χ1v) is 10.5. The van der Waals surface area contributed by atoms with Crippen LogP contribution in [0.4, 0.5) is 5.13 Å². The van der Waals surface area contributed by atoms with Crippen molar-refractivity contribution in [2.75, 3.05) is 37.6 Å². The summed E-state index contributed by atoms with van der Waals surface area (Å²) in [6, 6.07) is 0.374. The lowest BCUT2D eigenvalue weighted by Crippen LogP contribution is -2.46. The van der Waals surface area contributed by atoms with E-state index in [2.05, 4.69) is 39.2 Å². The van der Waals surface area contributed by atoms with Crippen LogP contribution in [-0.2, 0) is 11.2 Å². The van der Waals surface area contributed by atoms with E-state index in [0.717, 1.165) is 55.1 Å². The van der Waals surface area contributed by atoms with Gasteiger partial charge >= 0.3 is 0 Å². The minimum absolute atomic E-state index is 0.0908. The third-order valence-corrected chi connectivity index (χ3v) is 6.14. The predicted molar refractivity (Wildman–Crippen MR) is 102 cm³/mol. The fourth-order valence-corrected chi connectivity index (χ4v) is 4.42. The molecule has 1 aliphatic carbocycles. The number of rotatable bonds is 7. The van der Waals surface area contributed by atoms with Gasteiger partial charge in [0.2, 0.25) is 11.0 Å². The molecule has 1 aliphatic heterocycles. The zero-order valence-electron chi connectivity index (χ0n) is 15.5. The molecule has 2 heterocycles. The van der Waals surface area contributed by atoms with Crippen LogP contribution in [0.1, 0.15) is 51.0 Å². The molecular weight excluding hydrogens is 334 g/mol.